The fourth-order valence-electron chi connectivity index (χ4n) is 4.85. The normalized spacial score (nSPS) is 18.9. The second kappa shape index (κ2) is 10.3. The Morgan fingerprint density at radius 3 is 2.42 bits per heavy atom. The first-order valence-corrected chi connectivity index (χ1v) is 12.8. The minimum Gasteiger partial charge on any atom is -0.353 e. The molecule has 0 spiro atoms. The summed E-state index contributed by atoms with van der Waals surface area (Å²) < 4.78 is 13.6. The van der Waals surface area contributed by atoms with Crippen molar-refractivity contribution in [1.29, 1.82) is 5.26 Å². The molecule has 5 rings (SSSR count). The molecule has 2 aromatic heterocycles. The van der Waals surface area contributed by atoms with E-state index in [1.807, 2.05) is 19.1 Å². The minimum absolute atomic E-state index is 0.249. The van der Waals surface area contributed by atoms with E-state index in [2.05, 4.69) is 32.7 Å². The van der Waals surface area contributed by atoms with Crippen molar-refractivity contribution in [2.24, 2.45) is 0 Å². The highest BCUT2D eigenvalue weighted by atomic mass is 35.5. The van der Waals surface area contributed by atoms with Crippen molar-refractivity contribution in [2.75, 3.05) is 47.4 Å². The van der Waals surface area contributed by atoms with Crippen LogP contribution in [-0.4, -0.2) is 53.7 Å². The average Bonchev–Trinajstić information content (AvgIpc) is 3.34. The van der Waals surface area contributed by atoms with E-state index in [0.717, 1.165) is 80.0 Å². The van der Waals surface area contributed by atoms with E-state index < -0.39 is 0 Å². The summed E-state index contributed by atoms with van der Waals surface area (Å²) in [4.78, 5) is 21.1. The van der Waals surface area contributed by atoms with E-state index in [9.17, 15) is 9.65 Å². The maximum Gasteiger partial charge on any atom is 0.228 e. The van der Waals surface area contributed by atoms with Crippen LogP contribution >= 0.6 is 11.6 Å². The lowest BCUT2D eigenvalue weighted by Crippen LogP contribution is -2.47. The standard InChI is InChI=1S/C27H29ClFN7/c1-18(16-30)21-14-23(28)26(31-17-21)35-12-10-34(11-13-35)25-15-24(20-5-7-22(29)8-6-20)32-27(33-25)36-9-3-4-19(36)2/h5-8,14-15,17-19H,3-4,9-13H2,1-2H3. The van der Waals surface area contributed by atoms with E-state index in [1.165, 1.54) is 12.1 Å². The number of pyridine rings is 1. The van der Waals surface area contributed by atoms with E-state index in [1.54, 1.807) is 18.3 Å². The van der Waals surface area contributed by atoms with Crippen LogP contribution in [0.4, 0.5) is 22.0 Å². The topological polar surface area (TPSA) is 72.2 Å². The Kier molecular flexibility index (Phi) is 6.92. The smallest absolute Gasteiger partial charge is 0.228 e. The fourth-order valence-corrected chi connectivity index (χ4v) is 5.14. The van der Waals surface area contributed by atoms with Crippen LogP contribution in [0.3, 0.4) is 0 Å². The third-order valence-electron chi connectivity index (χ3n) is 7.09. The van der Waals surface area contributed by atoms with Crippen molar-refractivity contribution in [3.05, 3.63) is 59.0 Å². The van der Waals surface area contributed by atoms with E-state index in [4.69, 9.17) is 21.6 Å². The lowest BCUT2D eigenvalue weighted by Gasteiger charge is -2.37. The number of hydrogen-bond donors (Lipinski definition) is 0. The van der Waals surface area contributed by atoms with Gasteiger partial charge < -0.3 is 14.7 Å². The van der Waals surface area contributed by atoms with Gasteiger partial charge in [0.25, 0.3) is 0 Å². The Labute approximate surface area is 216 Å². The minimum atomic E-state index is -0.264. The predicted octanol–water partition coefficient (Wildman–Crippen LogP) is 5.27. The predicted molar refractivity (Wildman–Crippen MR) is 141 cm³/mol. The SMILES string of the molecule is CC(C#N)c1cnc(N2CCN(c3cc(-c4ccc(F)cc4)nc(N4CCCC4C)n3)CC2)c(Cl)c1. The van der Waals surface area contributed by atoms with Gasteiger partial charge in [0.1, 0.15) is 17.5 Å². The quantitative estimate of drug-likeness (QED) is 0.467. The summed E-state index contributed by atoms with van der Waals surface area (Å²) in [6.45, 7) is 7.97. The summed E-state index contributed by atoms with van der Waals surface area (Å²) in [5, 5.41) is 9.74. The maximum absolute atomic E-state index is 13.6. The molecule has 0 bridgehead atoms. The summed E-state index contributed by atoms with van der Waals surface area (Å²) in [5.41, 5.74) is 2.49. The average molecular weight is 506 g/mol. The Balaban J connectivity index is 1.38. The second-order valence-corrected chi connectivity index (χ2v) is 9.91. The molecule has 3 aromatic rings. The van der Waals surface area contributed by atoms with Crippen LogP contribution < -0.4 is 14.7 Å². The monoisotopic (exact) mass is 505 g/mol. The summed E-state index contributed by atoms with van der Waals surface area (Å²) in [6.07, 6.45) is 3.99. The van der Waals surface area contributed by atoms with Gasteiger partial charge in [-0.05, 0) is 62.6 Å². The molecule has 186 valence electrons. The molecule has 9 heteroatoms. The molecule has 0 radical (unpaired) electrons. The number of hydrogen-bond acceptors (Lipinski definition) is 7. The first kappa shape index (κ1) is 24.3. The first-order valence-electron chi connectivity index (χ1n) is 12.4. The van der Waals surface area contributed by atoms with E-state index in [-0.39, 0.29) is 11.7 Å². The molecular weight excluding hydrogens is 477 g/mol. The highest BCUT2D eigenvalue weighted by Gasteiger charge is 2.26. The summed E-state index contributed by atoms with van der Waals surface area (Å²) >= 11 is 6.54. The van der Waals surface area contributed by atoms with Crippen LogP contribution in [0.1, 0.15) is 38.2 Å². The first-order chi connectivity index (χ1) is 17.4. The molecule has 0 N–H and O–H groups in total. The number of benzene rings is 1. The summed E-state index contributed by atoms with van der Waals surface area (Å²) in [7, 11) is 0. The van der Waals surface area contributed by atoms with Gasteiger partial charge in [-0.2, -0.15) is 10.2 Å². The number of piperazine rings is 1. The van der Waals surface area contributed by atoms with Gasteiger partial charge in [-0.1, -0.05) is 11.6 Å². The molecule has 2 aliphatic rings. The summed E-state index contributed by atoms with van der Waals surface area (Å²) in [6, 6.07) is 12.9. The zero-order valence-corrected chi connectivity index (χ0v) is 21.3. The fraction of sp³-hybridized carbons (Fsp3) is 0.407. The van der Waals surface area contributed by atoms with Gasteiger partial charge in [-0.25, -0.2) is 14.4 Å². The number of aromatic nitrogens is 3. The highest BCUT2D eigenvalue weighted by molar-refractivity contribution is 6.33. The molecule has 7 nitrogen and oxygen atoms in total. The summed E-state index contributed by atoms with van der Waals surface area (Å²) in [5.74, 6) is 1.83. The van der Waals surface area contributed by atoms with Crippen molar-refractivity contribution >= 4 is 29.2 Å². The molecule has 36 heavy (non-hydrogen) atoms. The molecule has 1 aromatic carbocycles. The number of anilines is 3. The molecule has 4 heterocycles. The molecule has 2 saturated heterocycles. The Morgan fingerprint density at radius 1 is 1.06 bits per heavy atom. The van der Waals surface area contributed by atoms with Crippen molar-refractivity contribution in [3.63, 3.8) is 0 Å². The zero-order valence-electron chi connectivity index (χ0n) is 20.5. The number of nitrogens with zero attached hydrogens (tertiary/aromatic N) is 7. The van der Waals surface area contributed by atoms with Gasteiger partial charge >= 0.3 is 0 Å². The van der Waals surface area contributed by atoms with Gasteiger partial charge in [0, 0.05) is 56.6 Å². The van der Waals surface area contributed by atoms with Crippen LogP contribution in [0.5, 0.6) is 0 Å². The molecule has 2 unspecified atom stereocenters. The lowest BCUT2D eigenvalue weighted by molar-refractivity contribution is 0.628. The van der Waals surface area contributed by atoms with Crippen molar-refractivity contribution < 1.29 is 4.39 Å². The second-order valence-electron chi connectivity index (χ2n) is 9.50. The van der Waals surface area contributed by atoms with E-state index in [0.29, 0.717) is 11.1 Å². The molecule has 2 fully saturated rings. The van der Waals surface area contributed by atoms with Crippen molar-refractivity contribution in [1.82, 2.24) is 15.0 Å². The molecule has 0 aliphatic carbocycles. The Bertz CT molecular complexity index is 1270. The van der Waals surface area contributed by atoms with Gasteiger partial charge in [-0.3, -0.25) is 0 Å². The third-order valence-corrected chi connectivity index (χ3v) is 7.37. The number of rotatable bonds is 5. The molecule has 0 saturated carbocycles. The molecule has 2 aliphatic heterocycles. The van der Waals surface area contributed by atoms with Crippen LogP contribution in [0.25, 0.3) is 11.3 Å². The largest absolute Gasteiger partial charge is 0.353 e. The Hall–Kier alpha value is -3.44. The van der Waals surface area contributed by atoms with Gasteiger partial charge in [0.15, 0.2) is 0 Å². The molecular formula is C27H29ClFN7. The van der Waals surface area contributed by atoms with Gasteiger partial charge in [0.05, 0.1) is 22.7 Å². The zero-order chi connectivity index (χ0) is 25.2. The van der Waals surface area contributed by atoms with Gasteiger partial charge in [0.2, 0.25) is 5.95 Å². The van der Waals surface area contributed by atoms with E-state index >= 15 is 0 Å². The Morgan fingerprint density at radius 2 is 1.78 bits per heavy atom. The number of halogens is 2. The van der Waals surface area contributed by atoms with Crippen molar-refractivity contribution in [3.8, 4) is 17.3 Å². The third kappa shape index (κ3) is 4.93. The van der Waals surface area contributed by atoms with Crippen LogP contribution in [-0.2, 0) is 0 Å². The van der Waals surface area contributed by atoms with Crippen LogP contribution in [0.2, 0.25) is 5.02 Å². The lowest BCUT2D eigenvalue weighted by atomic mass is 10.1. The maximum atomic E-state index is 13.6. The van der Waals surface area contributed by atoms with Crippen molar-refractivity contribution in [2.45, 2.75) is 38.6 Å². The molecule has 0 amide bonds. The number of nitriles is 1. The van der Waals surface area contributed by atoms with Gasteiger partial charge in [-0.15, -0.1) is 0 Å². The molecule has 2 atom stereocenters. The van der Waals surface area contributed by atoms with Crippen LogP contribution in [0.15, 0.2) is 42.6 Å². The highest BCUT2D eigenvalue weighted by Crippen LogP contribution is 2.31. The van der Waals surface area contributed by atoms with Crippen LogP contribution in [0, 0.1) is 17.1 Å².